The maximum absolute atomic E-state index is 13.4. The highest BCUT2D eigenvalue weighted by molar-refractivity contribution is 6.31. The van der Waals surface area contributed by atoms with Crippen molar-refractivity contribution in [2.45, 2.75) is 0 Å². The molecule has 0 bridgehead atoms. The number of aldehydes is 1. The summed E-state index contributed by atoms with van der Waals surface area (Å²) in [5.41, 5.74) is 2.42. The van der Waals surface area contributed by atoms with Crippen molar-refractivity contribution in [3.05, 3.63) is 77.3 Å². The van der Waals surface area contributed by atoms with Crippen molar-refractivity contribution in [3.8, 4) is 11.4 Å². The highest BCUT2D eigenvalue weighted by Crippen LogP contribution is 2.29. The van der Waals surface area contributed by atoms with Crippen LogP contribution in [0.25, 0.3) is 22.3 Å². The SMILES string of the molecule is O=Cc1ccc2c(Nc3ccc(F)c(Cl)c3)nc(-c3cccnc3)nc2c1. The predicted octanol–water partition coefficient (Wildman–Crippen LogP) is 5.04. The van der Waals surface area contributed by atoms with E-state index in [9.17, 15) is 9.18 Å². The van der Waals surface area contributed by atoms with Crippen LogP contribution in [0.5, 0.6) is 0 Å². The van der Waals surface area contributed by atoms with Crippen LogP contribution in [0.1, 0.15) is 10.4 Å². The Balaban J connectivity index is 1.88. The smallest absolute Gasteiger partial charge is 0.163 e. The molecule has 0 aliphatic heterocycles. The number of hydrogen-bond acceptors (Lipinski definition) is 5. The molecule has 0 saturated heterocycles. The van der Waals surface area contributed by atoms with E-state index in [0.29, 0.717) is 33.8 Å². The second kappa shape index (κ2) is 7.09. The number of carbonyl (C=O) groups is 1. The number of anilines is 2. The van der Waals surface area contributed by atoms with E-state index < -0.39 is 5.82 Å². The highest BCUT2D eigenvalue weighted by atomic mass is 35.5. The standard InChI is InChI=1S/C20H12ClFN4O/c21-16-9-14(4-6-17(16)22)24-20-15-5-3-12(11-27)8-18(15)25-19(26-20)13-2-1-7-23-10-13/h1-11H,(H,24,25,26). The largest absolute Gasteiger partial charge is 0.340 e. The minimum atomic E-state index is -0.499. The summed E-state index contributed by atoms with van der Waals surface area (Å²) in [6, 6.07) is 13.1. The molecule has 4 rings (SSSR count). The molecular formula is C20H12ClFN4O. The van der Waals surface area contributed by atoms with Crippen LogP contribution in [-0.2, 0) is 0 Å². The first-order valence-corrected chi connectivity index (χ1v) is 8.41. The van der Waals surface area contributed by atoms with Gasteiger partial charge in [-0.1, -0.05) is 17.7 Å². The molecule has 0 radical (unpaired) electrons. The lowest BCUT2D eigenvalue weighted by atomic mass is 10.1. The van der Waals surface area contributed by atoms with Crippen molar-refractivity contribution in [1.29, 1.82) is 0 Å². The third-order valence-corrected chi connectivity index (χ3v) is 4.25. The summed E-state index contributed by atoms with van der Waals surface area (Å²) < 4.78 is 13.4. The second-order valence-electron chi connectivity index (χ2n) is 5.79. The third-order valence-electron chi connectivity index (χ3n) is 3.96. The minimum absolute atomic E-state index is 0.00841. The summed E-state index contributed by atoms with van der Waals surface area (Å²) >= 11 is 5.87. The molecule has 27 heavy (non-hydrogen) atoms. The van der Waals surface area contributed by atoms with E-state index in [1.165, 1.54) is 12.1 Å². The summed E-state index contributed by atoms with van der Waals surface area (Å²) in [5.74, 6) is 0.467. The van der Waals surface area contributed by atoms with Crippen LogP contribution in [0.4, 0.5) is 15.9 Å². The first-order chi connectivity index (χ1) is 13.1. The molecule has 2 heterocycles. The molecule has 132 valence electrons. The number of fused-ring (bicyclic) bond motifs is 1. The van der Waals surface area contributed by atoms with Gasteiger partial charge in [0.1, 0.15) is 17.9 Å². The number of benzene rings is 2. The summed E-state index contributed by atoms with van der Waals surface area (Å²) in [4.78, 5) is 24.4. The van der Waals surface area contributed by atoms with Crippen molar-refractivity contribution in [1.82, 2.24) is 15.0 Å². The van der Waals surface area contributed by atoms with E-state index in [2.05, 4.69) is 20.3 Å². The zero-order chi connectivity index (χ0) is 18.8. The topological polar surface area (TPSA) is 67.8 Å². The highest BCUT2D eigenvalue weighted by Gasteiger charge is 2.11. The maximum Gasteiger partial charge on any atom is 0.163 e. The Morgan fingerprint density at radius 2 is 1.96 bits per heavy atom. The number of carbonyl (C=O) groups excluding carboxylic acids is 1. The molecule has 1 N–H and O–H groups in total. The van der Waals surface area contributed by atoms with Gasteiger partial charge >= 0.3 is 0 Å². The van der Waals surface area contributed by atoms with Gasteiger partial charge in [0.15, 0.2) is 5.82 Å². The third kappa shape index (κ3) is 3.47. The average Bonchev–Trinajstić information content (AvgIpc) is 2.70. The minimum Gasteiger partial charge on any atom is -0.340 e. The van der Waals surface area contributed by atoms with Crippen molar-refractivity contribution >= 4 is 40.3 Å². The van der Waals surface area contributed by atoms with E-state index in [4.69, 9.17) is 11.6 Å². The van der Waals surface area contributed by atoms with E-state index >= 15 is 0 Å². The van der Waals surface area contributed by atoms with E-state index in [1.54, 1.807) is 42.7 Å². The molecule has 5 nitrogen and oxygen atoms in total. The molecular weight excluding hydrogens is 367 g/mol. The Bertz CT molecular complexity index is 1150. The monoisotopic (exact) mass is 378 g/mol. The Kier molecular flexibility index (Phi) is 4.48. The van der Waals surface area contributed by atoms with Crippen LogP contribution < -0.4 is 5.32 Å². The molecule has 0 atom stereocenters. The van der Waals surface area contributed by atoms with Gasteiger partial charge < -0.3 is 5.32 Å². The zero-order valence-electron chi connectivity index (χ0n) is 13.9. The summed E-state index contributed by atoms with van der Waals surface area (Å²) in [5, 5.41) is 3.88. The van der Waals surface area contributed by atoms with E-state index in [0.717, 1.165) is 11.8 Å². The molecule has 0 amide bonds. The molecule has 7 heteroatoms. The molecule has 0 fully saturated rings. The molecule has 0 unspecified atom stereocenters. The van der Waals surface area contributed by atoms with Gasteiger partial charge in [-0.3, -0.25) is 9.78 Å². The number of nitrogens with zero attached hydrogens (tertiary/aromatic N) is 3. The van der Waals surface area contributed by atoms with Crippen molar-refractivity contribution < 1.29 is 9.18 Å². The molecule has 4 aromatic rings. The van der Waals surface area contributed by atoms with Crippen molar-refractivity contribution in [2.24, 2.45) is 0 Å². The molecule has 2 aromatic carbocycles. The van der Waals surface area contributed by atoms with Crippen LogP contribution in [0.3, 0.4) is 0 Å². The van der Waals surface area contributed by atoms with Gasteiger partial charge in [-0.15, -0.1) is 0 Å². The maximum atomic E-state index is 13.4. The van der Waals surface area contributed by atoms with Crippen molar-refractivity contribution in [2.75, 3.05) is 5.32 Å². The zero-order valence-corrected chi connectivity index (χ0v) is 14.6. The van der Waals surface area contributed by atoms with Gasteiger partial charge in [0, 0.05) is 34.6 Å². The van der Waals surface area contributed by atoms with Gasteiger partial charge in [0.25, 0.3) is 0 Å². The first kappa shape index (κ1) is 17.1. The van der Waals surface area contributed by atoms with E-state index in [-0.39, 0.29) is 5.02 Å². The quantitative estimate of drug-likeness (QED) is 0.504. The van der Waals surface area contributed by atoms with E-state index in [1.807, 2.05) is 6.07 Å². The van der Waals surface area contributed by atoms with Crippen LogP contribution in [0.2, 0.25) is 5.02 Å². The summed E-state index contributed by atoms with van der Waals surface area (Å²) in [6.07, 6.45) is 4.08. The van der Waals surface area contributed by atoms with Crippen molar-refractivity contribution in [3.63, 3.8) is 0 Å². The number of halogens is 2. The molecule has 0 aliphatic rings. The average molecular weight is 379 g/mol. The van der Waals surface area contributed by atoms with Gasteiger partial charge in [0.05, 0.1) is 10.5 Å². The Labute approximate surface area is 158 Å². The van der Waals surface area contributed by atoms with Gasteiger partial charge in [-0.25, -0.2) is 14.4 Å². The Hall–Kier alpha value is -3.38. The summed E-state index contributed by atoms with van der Waals surface area (Å²) in [7, 11) is 0. The van der Waals surface area contributed by atoms with Crippen LogP contribution in [0, 0.1) is 5.82 Å². The number of hydrogen-bond donors (Lipinski definition) is 1. The fraction of sp³-hybridized carbons (Fsp3) is 0. The molecule has 2 aromatic heterocycles. The summed E-state index contributed by atoms with van der Waals surface area (Å²) in [6.45, 7) is 0. The normalized spacial score (nSPS) is 10.7. The lowest BCUT2D eigenvalue weighted by molar-refractivity contribution is 0.112. The van der Waals surface area contributed by atoms with Crippen LogP contribution in [0.15, 0.2) is 60.9 Å². The number of pyridine rings is 1. The first-order valence-electron chi connectivity index (χ1n) is 8.03. The number of aromatic nitrogens is 3. The van der Waals surface area contributed by atoms with Gasteiger partial charge in [-0.05, 0) is 42.5 Å². The Morgan fingerprint density at radius 1 is 1.07 bits per heavy atom. The second-order valence-corrected chi connectivity index (χ2v) is 6.19. The van der Waals surface area contributed by atoms with Crippen LogP contribution >= 0.6 is 11.6 Å². The molecule has 0 saturated carbocycles. The van der Waals surface area contributed by atoms with Gasteiger partial charge in [-0.2, -0.15) is 0 Å². The lowest BCUT2D eigenvalue weighted by Crippen LogP contribution is -2.00. The van der Waals surface area contributed by atoms with Crippen LogP contribution in [-0.4, -0.2) is 21.2 Å². The molecule has 0 spiro atoms. The fourth-order valence-corrected chi connectivity index (χ4v) is 2.83. The fourth-order valence-electron chi connectivity index (χ4n) is 2.65. The molecule has 0 aliphatic carbocycles. The Morgan fingerprint density at radius 3 is 2.70 bits per heavy atom. The predicted molar refractivity (Wildman–Crippen MR) is 103 cm³/mol. The van der Waals surface area contributed by atoms with Gasteiger partial charge in [0.2, 0.25) is 0 Å². The lowest BCUT2D eigenvalue weighted by Gasteiger charge is -2.12. The number of rotatable bonds is 4. The number of nitrogens with one attached hydrogen (secondary N) is 1.